The van der Waals surface area contributed by atoms with Gasteiger partial charge >= 0.3 is 0 Å². The minimum Gasteiger partial charge on any atom is -0.495 e. The number of anilines is 1. The van der Waals surface area contributed by atoms with E-state index in [-0.39, 0.29) is 10.0 Å². The number of nitrogens with zero attached hydrogens (tertiary/aromatic N) is 1. The third kappa shape index (κ3) is 4.52. The van der Waals surface area contributed by atoms with Crippen molar-refractivity contribution >= 4 is 38.1 Å². The van der Waals surface area contributed by atoms with Gasteiger partial charge in [0.05, 0.1) is 29.3 Å². The molecule has 0 amide bonds. The van der Waals surface area contributed by atoms with Gasteiger partial charge in [0.25, 0.3) is 10.0 Å². The number of methoxy groups -OCH3 is 1. The molecule has 0 bridgehead atoms. The van der Waals surface area contributed by atoms with E-state index in [0.717, 1.165) is 5.56 Å². The van der Waals surface area contributed by atoms with Gasteiger partial charge in [-0.3, -0.25) is 4.72 Å². The maximum absolute atomic E-state index is 12.5. The summed E-state index contributed by atoms with van der Waals surface area (Å²) < 4.78 is 38.0. The first-order chi connectivity index (χ1) is 12.9. The zero-order valence-electron chi connectivity index (χ0n) is 14.6. The first-order valence-electron chi connectivity index (χ1n) is 7.98. The molecule has 1 heterocycles. The van der Waals surface area contributed by atoms with Crippen molar-refractivity contribution in [1.82, 2.24) is 4.98 Å². The molecule has 9 heteroatoms. The molecule has 0 radical (unpaired) electrons. The number of halogens is 1. The Balaban J connectivity index is 1.79. The van der Waals surface area contributed by atoms with Crippen LogP contribution < -0.4 is 14.2 Å². The van der Waals surface area contributed by atoms with Crippen LogP contribution in [-0.4, -0.2) is 27.1 Å². The van der Waals surface area contributed by atoms with Crippen LogP contribution in [-0.2, 0) is 10.0 Å². The van der Waals surface area contributed by atoms with Crippen molar-refractivity contribution in [3.8, 4) is 22.8 Å². The van der Waals surface area contributed by atoms with Crippen LogP contribution in [0.25, 0.3) is 11.3 Å². The van der Waals surface area contributed by atoms with E-state index in [1.165, 1.54) is 30.6 Å². The lowest BCUT2D eigenvalue weighted by Gasteiger charge is -2.07. The van der Waals surface area contributed by atoms with E-state index in [2.05, 4.69) is 9.71 Å². The summed E-state index contributed by atoms with van der Waals surface area (Å²) in [7, 11) is -2.20. The Morgan fingerprint density at radius 2 is 1.93 bits per heavy atom. The van der Waals surface area contributed by atoms with Crippen LogP contribution in [0.15, 0.2) is 52.7 Å². The molecular weight excluding hydrogens is 408 g/mol. The van der Waals surface area contributed by atoms with Crippen molar-refractivity contribution in [2.45, 2.75) is 11.8 Å². The highest BCUT2D eigenvalue weighted by Crippen LogP contribution is 2.32. The van der Waals surface area contributed by atoms with Crippen molar-refractivity contribution < 1.29 is 17.9 Å². The number of hydrogen-bond donors (Lipinski definition) is 1. The molecule has 0 atom stereocenters. The second-order valence-electron chi connectivity index (χ2n) is 5.40. The highest BCUT2D eigenvalue weighted by atomic mass is 35.5. The van der Waals surface area contributed by atoms with Crippen molar-refractivity contribution in [2.24, 2.45) is 0 Å². The molecule has 27 heavy (non-hydrogen) atoms. The molecule has 3 aromatic rings. The molecule has 0 aliphatic heterocycles. The molecule has 0 fully saturated rings. The monoisotopic (exact) mass is 424 g/mol. The summed E-state index contributed by atoms with van der Waals surface area (Å²) in [4.78, 5) is 4.47. The van der Waals surface area contributed by atoms with Gasteiger partial charge in [-0.15, -0.1) is 11.3 Å². The fraction of sp³-hybridized carbons (Fsp3) is 0.167. The Morgan fingerprint density at radius 1 is 1.19 bits per heavy atom. The minimum absolute atomic E-state index is 0.134. The average Bonchev–Trinajstić information content (AvgIpc) is 3.10. The van der Waals surface area contributed by atoms with Crippen molar-refractivity contribution in [1.29, 1.82) is 0 Å². The zero-order valence-corrected chi connectivity index (χ0v) is 17.0. The smallest absolute Gasteiger partial charge is 0.263 e. The molecule has 2 aromatic carbocycles. The van der Waals surface area contributed by atoms with Crippen LogP contribution in [0, 0.1) is 0 Å². The number of benzene rings is 2. The summed E-state index contributed by atoms with van der Waals surface area (Å²) in [5, 5.41) is 2.49. The molecule has 0 saturated heterocycles. The molecule has 0 unspecified atom stereocenters. The fourth-order valence-corrected chi connectivity index (χ4v) is 4.56. The number of ether oxygens (including phenoxy) is 2. The van der Waals surface area contributed by atoms with Gasteiger partial charge in [0, 0.05) is 10.9 Å². The third-order valence-electron chi connectivity index (χ3n) is 3.62. The summed E-state index contributed by atoms with van der Waals surface area (Å²) >= 11 is 7.33. The number of nitrogens with one attached hydrogen (secondary N) is 1. The number of thiazole rings is 1. The first kappa shape index (κ1) is 19.5. The number of hydrogen-bond acceptors (Lipinski definition) is 6. The summed E-state index contributed by atoms with van der Waals surface area (Å²) in [5.41, 5.74) is 1.39. The first-order valence-corrected chi connectivity index (χ1v) is 10.7. The molecule has 1 aromatic heterocycles. The SMILES string of the molecule is CCOc1ccc(S(=O)(=O)Nc2nc(-c3ccc(OC)c(Cl)c3)cs2)cc1. The van der Waals surface area contributed by atoms with Crippen LogP contribution >= 0.6 is 22.9 Å². The second-order valence-corrected chi connectivity index (χ2v) is 8.34. The molecule has 0 saturated carbocycles. The molecule has 1 N–H and O–H groups in total. The molecule has 142 valence electrons. The number of rotatable bonds is 7. The van der Waals surface area contributed by atoms with Crippen LogP contribution in [0.3, 0.4) is 0 Å². The normalized spacial score (nSPS) is 11.2. The summed E-state index contributed by atoms with van der Waals surface area (Å²) in [6.07, 6.45) is 0. The topological polar surface area (TPSA) is 77.5 Å². The van der Waals surface area contributed by atoms with E-state index in [1.54, 1.807) is 29.6 Å². The van der Waals surface area contributed by atoms with Crippen LogP contribution in [0.1, 0.15) is 6.92 Å². The van der Waals surface area contributed by atoms with Crippen molar-refractivity contribution in [2.75, 3.05) is 18.4 Å². The second kappa shape index (κ2) is 8.16. The van der Waals surface area contributed by atoms with Crippen LogP contribution in [0.2, 0.25) is 5.02 Å². The minimum atomic E-state index is -3.74. The van der Waals surface area contributed by atoms with E-state index in [4.69, 9.17) is 21.1 Å². The lowest BCUT2D eigenvalue weighted by Crippen LogP contribution is -2.12. The maximum Gasteiger partial charge on any atom is 0.263 e. The standard InChI is InChI=1S/C18H17ClN2O4S2/c1-3-25-13-5-7-14(8-6-13)27(22,23)21-18-20-16(11-26-18)12-4-9-17(24-2)15(19)10-12/h4-11H,3H2,1-2H3,(H,20,21). The van der Waals surface area contributed by atoms with Crippen LogP contribution in [0.5, 0.6) is 11.5 Å². The van der Waals surface area contributed by atoms with Crippen molar-refractivity contribution in [3.05, 3.63) is 52.9 Å². The van der Waals surface area contributed by atoms with Gasteiger partial charge in [-0.25, -0.2) is 13.4 Å². The highest BCUT2D eigenvalue weighted by molar-refractivity contribution is 7.93. The number of sulfonamides is 1. The van der Waals surface area contributed by atoms with Gasteiger partial charge in [0.15, 0.2) is 5.13 Å². The van der Waals surface area contributed by atoms with Crippen LogP contribution in [0.4, 0.5) is 5.13 Å². The predicted molar refractivity (Wildman–Crippen MR) is 108 cm³/mol. The van der Waals surface area contributed by atoms with E-state index in [9.17, 15) is 8.42 Å². The quantitative estimate of drug-likeness (QED) is 0.596. The Labute approximate surface area is 166 Å². The summed E-state index contributed by atoms with van der Waals surface area (Å²) in [6, 6.07) is 11.5. The lowest BCUT2D eigenvalue weighted by molar-refractivity contribution is 0.340. The predicted octanol–water partition coefficient (Wildman–Crippen LogP) is 4.67. The number of aromatic nitrogens is 1. The molecule has 0 aliphatic carbocycles. The van der Waals surface area contributed by atoms with E-state index in [0.29, 0.717) is 28.8 Å². The average molecular weight is 425 g/mol. The summed E-state index contributed by atoms with van der Waals surface area (Å²) in [6.45, 7) is 2.38. The summed E-state index contributed by atoms with van der Waals surface area (Å²) in [5.74, 6) is 1.18. The van der Waals surface area contributed by atoms with Gasteiger partial charge in [0.1, 0.15) is 11.5 Å². The van der Waals surface area contributed by atoms with Gasteiger partial charge in [-0.05, 0) is 49.4 Å². The Kier molecular flexibility index (Phi) is 5.88. The van der Waals surface area contributed by atoms with Gasteiger partial charge < -0.3 is 9.47 Å². The Hall–Kier alpha value is -2.29. The molecule has 0 spiro atoms. The third-order valence-corrected chi connectivity index (χ3v) is 6.16. The highest BCUT2D eigenvalue weighted by Gasteiger charge is 2.17. The Morgan fingerprint density at radius 3 is 2.56 bits per heavy atom. The van der Waals surface area contributed by atoms with E-state index >= 15 is 0 Å². The molecule has 0 aliphatic rings. The molecular formula is C18H17ClN2O4S2. The lowest BCUT2D eigenvalue weighted by atomic mass is 10.2. The Bertz CT molecular complexity index is 1030. The fourth-order valence-electron chi connectivity index (χ4n) is 2.33. The van der Waals surface area contributed by atoms with Gasteiger partial charge in [-0.2, -0.15) is 0 Å². The molecule has 6 nitrogen and oxygen atoms in total. The van der Waals surface area contributed by atoms with E-state index in [1.807, 2.05) is 13.0 Å². The zero-order chi connectivity index (χ0) is 19.4. The maximum atomic E-state index is 12.5. The van der Waals surface area contributed by atoms with Gasteiger partial charge in [-0.1, -0.05) is 11.6 Å². The largest absolute Gasteiger partial charge is 0.495 e. The van der Waals surface area contributed by atoms with E-state index < -0.39 is 10.0 Å². The van der Waals surface area contributed by atoms with Crippen molar-refractivity contribution in [3.63, 3.8) is 0 Å². The van der Waals surface area contributed by atoms with Gasteiger partial charge in [0.2, 0.25) is 0 Å². The molecule has 3 rings (SSSR count).